The molecule has 3 N–H and O–H groups in total. The van der Waals surface area contributed by atoms with E-state index in [4.69, 9.17) is 16.3 Å². The number of aromatic hydroxyl groups is 1. The zero-order valence-electron chi connectivity index (χ0n) is 18.3. The number of hydrogen-bond donors (Lipinski definition) is 3. The van der Waals surface area contributed by atoms with E-state index in [1.807, 2.05) is 19.9 Å². The Balaban J connectivity index is 1.84. The van der Waals surface area contributed by atoms with Crippen molar-refractivity contribution in [1.29, 1.82) is 0 Å². The van der Waals surface area contributed by atoms with Crippen molar-refractivity contribution in [3.05, 3.63) is 59.2 Å². The quantitative estimate of drug-likeness (QED) is 0.350. The zero-order valence-corrected chi connectivity index (χ0v) is 19.1. The number of allylic oxidation sites excluding steroid dienone is 2. The van der Waals surface area contributed by atoms with E-state index in [1.54, 1.807) is 36.4 Å². The number of esters is 1. The maximum atomic E-state index is 11.6. The first-order valence-corrected chi connectivity index (χ1v) is 11.2. The number of ether oxygens (including phenoxy) is 1. The second kappa shape index (κ2) is 12.1. The summed E-state index contributed by atoms with van der Waals surface area (Å²) in [6.45, 7) is 6.05. The van der Waals surface area contributed by atoms with Gasteiger partial charge < -0.3 is 20.1 Å². The van der Waals surface area contributed by atoms with Crippen LogP contribution in [0.4, 0.5) is 0 Å². The van der Waals surface area contributed by atoms with Crippen LogP contribution < -0.4 is 0 Å². The average Bonchev–Trinajstić information content (AvgIpc) is 2.73. The van der Waals surface area contributed by atoms with E-state index in [0.717, 1.165) is 6.42 Å². The molecule has 0 radical (unpaired) electrons. The number of aliphatic hydroxyl groups excluding tert-OH is 2. The number of carbonyl (C=O) groups is 1. The molecule has 6 heteroatoms. The monoisotopic (exact) mass is 448 g/mol. The van der Waals surface area contributed by atoms with Crippen LogP contribution >= 0.6 is 11.6 Å². The van der Waals surface area contributed by atoms with Gasteiger partial charge in [0.15, 0.2) is 0 Å². The van der Waals surface area contributed by atoms with E-state index in [9.17, 15) is 20.1 Å². The third-order valence-electron chi connectivity index (χ3n) is 5.80. The first-order chi connectivity index (χ1) is 14.7. The molecule has 6 atom stereocenters. The molecule has 1 heterocycles. The Kier molecular flexibility index (Phi) is 9.82. The van der Waals surface area contributed by atoms with Crippen LogP contribution in [0.1, 0.15) is 45.6 Å². The number of phenolic OH excluding ortho intramolecular Hbond substituents is 1. The van der Waals surface area contributed by atoms with E-state index in [0.29, 0.717) is 12.0 Å². The standard InChI is InChI=1S/C25H33ClO5/c1-4-18-12-13-23(30)31-25(18)17(3)14-16(2)22(29)15-20(27)10-6-5-8-19-9-7-11-21(28)24(19)26/h5-13,16-18,20,22,25,27-29H,4,14-15H2,1-3H3/b8-5-,10-6+/t16-,17+,18-,20-,22+,25?/m1/s1. The molecule has 0 aliphatic carbocycles. The molecule has 1 aromatic carbocycles. The summed E-state index contributed by atoms with van der Waals surface area (Å²) in [4.78, 5) is 11.6. The Morgan fingerprint density at radius 2 is 1.94 bits per heavy atom. The number of benzene rings is 1. The largest absolute Gasteiger partial charge is 0.506 e. The van der Waals surface area contributed by atoms with Crippen molar-refractivity contribution in [3.63, 3.8) is 0 Å². The second-order valence-electron chi connectivity index (χ2n) is 8.32. The van der Waals surface area contributed by atoms with Gasteiger partial charge >= 0.3 is 5.97 Å². The predicted octanol–water partition coefficient (Wildman–Crippen LogP) is 4.90. The molecule has 170 valence electrons. The van der Waals surface area contributed by atoms with Crippen molar-refractivity contribution in [2.24, 2.45) is 17.8 Å². The fourth-order valence-electron chi connectivity index (χ4n) is 3.93. The lowest BCUT2D eigenvalue weighted by Crippen LogP contribution is -2.36. The highest BCUT2D eigenvalue weighted by Gasteiger charge is 2.32. The molecule has 1 aromatic rings. The molecule has 0 saturated carbocycles. The highest BCUT2D eigenvalue weighted by molar-refractivity contribution is 6.33. The SMILES string of the molecule is CC[C@@H]1C=CC(=O)OC1[C@@H](C)C[C@@H](C)[C@@H](O)C[C@H](O)/C=C/C=C\c1cccc(O)c1Cl. The zero-order chi connectivity index (χ0) is 23.0. The van der Waals surface area contributed by atoms with Gasteiger partial charge in [-0.3, -0.25) is 0 Å². The average molecular weight is 449 g/mol. The first kappa shape index (κ1) is 25.2. The van der Waals surface area contributed by atoms with Crippen LogP contribution in [0.15, 0.2) is 48.6 Å². The Hall–Kier alpha value is -2.08. The van der Waals surface area contributed by atoms with Crippen molar-refractivity contribution in [2.45, 2.75) is 58.3 Å². The van der Waals surface area contributed by atoms with Gasteiger partial charge in [-0.1, -0.05) is 74.9 Å². The molecule has 0 saturated heterocycles. The summed E-state index contributed by atoms with van der Waals surface area (Å²) in [7, 11) is 0. The van der Waals surface area contributed by atoms with E-state index >= 15 is 0 Å². The third-order valence-corrected chi connectivity index (χ3v) is 6.21. The summed E-state index contributed by atoms with van der Waals surface area (Å²) in [6, 6.07) is 4.99. The number of hydrogen-bond acceptors (Lipinski definition) is 5. The molecule has 1 unspecified atom stereocenters. The molecule has 0 spiro atoms. The molecule has 0 bridgehead atoms. The van der Waals surface area contributed by atoms with Gasteiger partial charge in [-0.05, 0) is 36.3 Å². The molecule has 31 heavy (non-hydrogen) atoms. The van der Waals surface area contributed by atoms with Crippen LogP contribution in [0.5, 0.6) is 5.75 Å². The second-order valence-corrected chi connectivity index (χ2v) is 8.70. The number of aliphatic hydroxyl groups is 2. The highest BCUT2D eigenvalue weighted by Crippen LogP contribution is 2.31. The smallest absolute Gasteiger partial charge is 0.330 e. The number of phenols is 1. The van der Waals surface area contributed by atoms with Crippen LogP contribution in [0, 0.1) is 17.8 Å². The lowest BCUT2D eigenvalue weighted by molar-refractivity contribution is -0.150. The lowest BCUT2D eigenvalue weighted by atomic mass is 9.81. The summed E-state index contributed by atoms with van der Waals surface area (Å²) in [5.74, 6) is -0.0517. The first-order valence-electron chi connectivity index (χ1n) is 10.8. The Bertz CT molecular complexity index is 816. The number of halogens is 1. The maximum Gasteiger partial charge on any atom is 0.330 e. The third kappa shape index (κ3) is 7.53. The van der Waals surface area contributed by atoms with E-state index < -0.39 is 12.2 Å². The van der Waals surface area contributed by atoms with Gasteiger partial charge in [-0.2, -0.15) is 0 Å². The van der Waals surface area contributed by atoms with Gasteiger partial charge in [-0.15, -0.1) is 0 Å². The fourth-order valence-corrected chi connectivity index (χ4v) is 4.12. The molecule has 1 aliphatic rings. The van der Waals surface area contributed by atoms with Crippen LogP contribution in [0.25, 0.3) is 6.08 Å². The van der Waals surface area contributed by atoms with E-state index in [-0.39, 0.29) is 47.0 Å². The highest BCUT2D eigenvalue weighted by atomic mass is 35.5. The molecular weight excluding hydrogens is 416 g/mol. The van der Waals surface area contributed by atoms with Crippen LogP contribution in [0.3, 0.4) is 0 Å². The summed E-state index contributed by atoms with van der Waals surface area (Å²) >= 11 is 6.02. The van der Waals surface area contributed by atoms with Crippen LogP contribution in [-0.4, -0.2) is 39.6 Å². The lowest BCUT2D eigenvalue weighted by Gasteiger charge is -2.33. The van der Waals surface area contributed by atoms with Gasteiger partial charge in [-0.25, -0.2) is 4.79 Å². The van der Waals surface area contributed by atoms with Crippen LogP contribution in [-0.2, 0) is 9.53 Å². The van der Waals surface area contributed by atoms with Gasteiger partial charge in [0.1, 0.15) is 11.9 Å². The van der Waals surface area contributed by atoms with Gasteiger partial charge in [0.2, 0.25) is 0 Å². The molecular formula is C25H33ClO5. The fraction of sp³-hybridized carbons (Fsp3) is 0.480. The Morgan fingerprint density at radius 1 is 1.19 bits per heavy atom. The molecule has 0 aromatic heterocycles. The van der Waals surface area contributed by atoms with Gasteiger partial charge in [0.05, 0.1) is 17.2 Å². The van der Waals surface area contributed by atoms with Gasteiger partial charge in [0.25, 0.3) is 0 Å². The van der Waals surface area contributed by atoms with Crippen molar-refractivity contribution in [2.75, 3.05) is 0 Å². The Labute approximate surface area is 189 Å². The predicted molar refractivity (Wildman–Crippen MR) is 124 cm³/mol. The van der Waals surface area contributed by atoms with Crippen molar-refractivity contribution >= 4 is 23.6 Å². The summed E-state index contributed by atoms with van der Waals surface area (Å²) in [6.07, 6.45) is 10.3. The van der Waals surface area contributed by atoms with Gasteiger partial charge in [0, 0.05) is 18.4 Å². The van der Waals surface area contributed by atoms with Crippen molar-refractivity contribution in [1.82, 2.24) is 0 Å². The van der Waals surface area contributed by atoms with E-state index in [2.05, 4.69) is 6.92 Å². The molecule has 5 nitrogen and oxygen atoms in total. The topological polar surface area (TPSA) is 87.0 Å². The van der Waals surface area contributed by atoms with E-state index in [1.165, 1.54) is 12.1 Å². The molecule has 1 aliphatic heterocycles. The van der Waals surface area contributed by atoms with Crippen molar-refractivity contribution < 1.29 is 24.9 Å². The number of rotatable bonds is 10. The molecule has 0 fully saturated rings. The molecule has 0 amide bonds. The summed E-state index contributed by atoms with van der Waals surface area (Å²) in [5.41, 5.74) is 0.673. The summed E-state index contributed by atoms with van der Waals surface area (Å²) in [5, 5.41) is 30.6. The minimum absolute atomic E-state index is 0.0171. The molecule has 2 rings (SSSR count). The number of cyclic esters (lactones) is 1. The van der Waals surface area contributed by atoms with Crippen molar-refractivity contribution in [3.8, 4) is 5.75 Å². The van der Waals surface area contributed by atoms with Crippen LogP contribution in [0.2, 0.25) is 5.02 Å². The Morgan fingerprint density at radius 3 is 2.65 bits per heavy atom. The minimum Gasteiger partial charge on any atom is -0.506 e. The number of carbonyl (C=O) groups excluding carboxylic acids is 1. The summed E-state index contributed by atoms with van der Waals surface area (Å²) < 4.78 is 5.53. The minimum atomic E-state index is -0.795. The maximum absolute atomic E-state index is 11.6. The normalized spacial score (nSPS) is 23.1.